The van der Waals surface area contributed by atoms with Crippen LogP contribution < -0.4 is 5.32 Å². The number of aromatic nitrogens is 1. The third-order valence-corrected chi connectivity index (χ3v) is 4.00. The van der Waals surface area contributed by atoms with Gasteiger partial charge in [0.1, 0.15) is 0 Å². The van der Waals surface area contributed by atoms with Gasteiger partial charge in [0.2, 0.25) is 0 Å². The van der Waals surface area contributed by atoms with Crippen molar-refractivity contribution in [2.75, 3.05) is 13.1 Å². The van der Waals surface area contributed by atoms with Gasteiger partial charge < -0.3 is 15.4 Å². The zero-order chi connectivity index (χ0) is 11.9. The summed E-state index contributed by atoms with van der Waals surface area (Å²) < 4.78 is 0. The maximum absolute atomic E-state index is 10.9. The van der Waals surface area contributed by atoms with E-state index >= 15 is 0 Å². The molecule has 2 atom stereocenters. The molecule has 3 nitrogen and oxygen atoms in total. The minimum Gasteiger partial charge on any atom is -0.385 e. The first-order chi connectivity index (χ1) is 8.22. The van der Waals surface area contributed by atoms with E-state index in [0.717, 1.165) is 36.0 Å². The standard InChI is InChI=1S/C14H18N2O/c1-10-8-15-7-6-14(10,17)12-9-16-13-5-3-2-4-11(12)13/h2-5,9-10,15-17H,6-8H2,1H3. The highest BCUT2D eigenvalue weighted by molar-refractivity contribution is 5.84. The Hall–Kier alpha value is -1.32. The van der Waals surface area contributed by atoms with Crippen LogP contribution in [0.15, 0.2) is 30.5 Å². The molecule has 3 heteroatoms. The summed E-state index contributed by atoms with van der Waals surface area (Å²) >= 11 is 0. The van der Waals surface area contributed by atoms with Gasteiger partial charge in [-0.15, -0.1) is 0 Å². The highest BCUT2D eigenvalue weighted by Gasteiger charge is 2.39. The third-order valence-electron chi connectivity index (χ3n) is 4.00. The second-order valence-electron chi connectivity index (χ2n) is 5.03. The number of H-pyrrole nitrogens is 1. The smallest absolute Gasteiger partial charge is 0.0966 e. The molecule has 3 rings (SSSR count). The Bertz CT molecular complexity index is 534. The summed E-state index contributed by atoms with van der Waals surface area (Å²) in [5.74, 6) is 0.232. The molecule has 0 amide bonds. The van der Waals surface area contributed by atoms with E-state index < -0.39 is 5.60 Å². The first-order valence-electron chi connectivity index (χ1n) is 6.21. The van der Waals surface area contributed by atoms with E-state index in [1.54, 1.807) is 0 Å². The van der Waals surface area contributed by atoms with Gasteiger partial charge in [0.05, 0.1) is 5.60 Å². The van der Waals surface area contributed by atoms with Crippen LogP contribution in [-0.2, 0) is 5.60 Å². The van der Waals surface area contributed by atoms with Crippen LogP contribution in [0.5, 0.6) is 0 Å². The fourth-order valence-corrected chi connectivity index (χ4v) is 2.84. The fraction of sp³-hybridized carbons (Fsp3) is 0.429. The maximum Gasteiger partial charge on any atom is 0.0966 e. The van der Waals surface area contributed by atoms with Crippen molar-refractivity contribution < 1.29 is 5.11 Å². The van der Waals surface area contributed by atoms with Crippen LogP contribution >= 0.6 is 0 Å². The van der Waals surface area contributed by atoms with Crippen molar-refractivity contribution in [3.05, 3.63) is 36.0 Å². The molecular formula is C14H18N2O. The summed E-state index contributed by atoms with van der Waals surface area (Å²) in [5, 5.41) is 15.4. The number of aliphatic hydroxyl groups is 1. The van der Waals surface area contributed by atoms with E-state index in [-0.39, 0.29) is 5.92 Å². The van der Waals surface area contributed by atoms with Crippen LogP contribution in [0.25, 0.3) is 10.9 Å². The highest BCUT2D eigenvalue weighted by atomic mass is 16.3. The number of para-hydroxylation sites is 1. The topological polar surface area (TPSA) is 48.0 Å². The van der Waals surface area contributed by atoms with Gasteiger partial charge >= 0.3 is 0 Å². The lowest BCUT2D eigenvalue weighted by Crippen LogP contribution is -2.46. The number of nitrogens with one attached hydrogen (secondary N) is 2. The van der Waals surface area contributed by atoms with E-state index in [1.807, 2.05) is 24.4 Å². The Morgan fingerprint density at radius 1 is 1.35 bits per heavy atom. The lowest BCUT2D eigenvalue weighted by Gasteiger charge is -2.38. The minimum atomic E-state index is -0.704. The highest BCUT2D eigenvalue weighted by Crippen LogP contribution is 2.38. The van der Waals surface area contributed by atoms with Crippen molar-refractivity contribution >= 4 is 10.9 Å². The first-order valence-corrected chi connectivity index (χ1v) is 6.21. The lowest BCUT2D eigenvalue weighted by molar-refractivity contribution is -0.0379. The van der Waals surface area contributed by atoms with E-state index in [4.69, 9.17) is 0 Å². The van der Waals surface area contributed by atoms with Gasteiger partial charge in [0, 0.05) is 35.1 Å². The molecule has 2 unspecified atom stereocenters. The van der Waals surface area contributed by atoms with Crippen LogP contribution in [0.4, 0.5) is 0 Å². The van der Waals surface area contributed by atoms with Crippen LogP contribution in [0.3, 0.4) is 0 Å². The average Bonchev–Trinajstić information content (AvgIpc) is 2.77. The summed E-state index contributed by atoms with van der Waals surface area (Å²) in [7, 11) is 0. The summed E-state index contributed by atoms with van der Waals surface area (Å²) in [6.07, 6.45) is 2.74. The third kappa shape index (κ3) is 1.58. The number of hydrogen-bond donors (Lipinski definition) is 3. The molecule has 0 radical (unpaired) electrons. The zero-order valence-electron chi connectivity index (χ0n) is 10.0. The first kappa shape index (κ1) is 10.8. The number of piperidine rings is 1. The Balaban J connectivity index is 2.13. The summed E-state index contributed by atoms with van der Waals surface area (Å²) in [5.41, 5.74) is 1.44. The molecule has 0 aliphatic carbocycles. The van der Waals surface area contributed by atoms with Crippen LogP contribution in [0.2, 0.25) is 0 Å². The van der Waals surface area contributed by atoms with Crippen molar-refractivity contribution in [3.8, 4) is 0 Å². The second-order valence-corrected chi connectivity index (χ2v) is 5.03. The van der Waals surface area contributed by atoms with Gasteiger partial charge in [-0.05, 0) is 19.0 Å². The largest absolute Gasteiger partial charge is 0.385 e. The Morgan fingerprint density at radius 3 is 3.00 bits per heavy atom. The van der Waals surface area contributed by atoms with Gasteiger partial charge in [-0.3, -0.25) is 0 Å². The Kier molecular flexibility index (Phi) is 2.45. The van der Waals surface area contributed by atoms with E-state index in [2.05, 4.69) is 23.3 Å². The fourth-order valence-electron chi connectivity index (χ4n) is 2.84. The monoisotopic (exact) mass is 230 g/mol. The number of benzene rings is 1. The molecule has 90 valence electrons. The molecule has 0 bridgehead atoms. The quantitative estimate of drug-likeness (QED) is 0.701. The van der Waals surface area contributed by atoms with Crippen LogP contribution in [0, 0.1) is 5.92 Å². The number of aromatic amines is 1. The minimum absolute atomic E-state index is 0.232. The zero-order valence-corrected chi connectivity index (χ0v) is 10.0. The summed E-state index contributed by atoms with van der Waals surface area (Å²) in [6.45, 7) is 3.85. The Labute approximate surface area is 101 Å². The molecule has 17 heavy (non-hydrogen) atoms. The van der Waals surface area contributed by atoms with Crippen molar-refractivity contribution in [2.24, 2.45) is 5.92 Å². The lowest BCUT2D eigenvalue weighted by atomic mass is 9.77. The van der Waals surface area contributed by atoms with E-state index in [0.29, 0.717) is 0 Å². The number of fused-ring (bicyclic) bond motifs is 1. The predicted octanol–water partition coefficient (Wildman–Crippen LogP) is 1.98. The number of hydrogen-bond acceptors (Lipinski definition) is 2. The van der Waals surface area contributed by atoms with Gasteiger partial charge in [0.25, 0.3) is 0 Å². The second kappa shape index (κ2) is 3.86. The molecule has 3 N–H and O–H groups in total. The molecule has 0 saturated carbocycles. The average molecular weight is 230 g/mol. The molecule has 1 aromatic heterocycles. The molecule has 1 fully saturated rings. The molecule has 0 spiro atoms. The van der Waals surface area contributed by atoms with Gasteiger partial charge in [-0.1, -0.05) is 25.1 Å². The van der Waals surface area contributed by atoms with E-state index in [1.165, 1.54) is 0 Å². The van der Waals surface area contributed by atoms with E-state index in [9.17, 15) is 5.11 Å². The summed E-state index contributed by atoms with van der Waals surface area (Å²) in [4.78, 5) is 3.25. The SMILES string of the molecule is CC1CNCCC1(O)c1c[nH]c2ccccc12. The van der Waals surface area contributed by atoms with Gasteiger partial charge in [-0.2, -0.15) is 0 Å². The predicted molar refractivity (Wildman–Crippen MR) is 68.8 cm³/mol. The molecule has 1 aliphatic heterocycles. The molecule has 2 heterocycles. The van der Waals surface area contributed by atoms with Crippen LogP contribution in [0.1, 0.15) is 18.9 Å². The molecule has 1 aliphatic rings. The molecular weight excluding hydrogens is 212 g/mol. The maximum atomic E-state index is 10.9. The van der Waals surface area contributed by atoms with Crippen molar-refractivity contribution in [1.82, 2.24) is 10.3 Å². The molecule has 2 aromatic rings. The molecule has 1 aromatic carbocycles. The van der Waals surface area contributed by atoms with Crippen LogP contribution in [-0.4, -0.2) is 23.2 Å². The van der Waals surface area contributed by atoms with Gasteiger partial charge in [-0.25, -0.2) is 0 Å². The normalized spacial score (nSPS) is 29.6. The van der Waals surface area contributed by atoms with Gasteiger partial charge in [0.15, 0.2) is 0 Å². The number of rotatable bonds is 1. The molecule has 1 saturated heterocycles. The van der Waals surface area contributed by atoms with Crippen molar-refractivity contribution in [2.45, 2.75) is 18.9 Å². The Morgan fingerprint density at radius 2 is 2.18 bits per heavy atom. The van der Waals surface area contributed by atoms with Crippen molar-refractivity contribution in [1.29, 1.82) is 0 Å². The summed E-state index contributed by atoms with van der Waals surface area (Å²) in [6, 6.07) is 8.16. The van der Waals surface area contributed by atoms with Crippen molar-refractivity contribution in [3.63, 3.8) is 0 Å².